The van der Waals surface area contributed by atoms with Crippen molar-refractivity contribution in [3.05, 3.63) is 187 Å². The smallest absolute Gasteiger partial charge is 0.310 e. The van der Waals surface area contributed by atoms with Crippen LogP contribution in [0, 0.1) is 0 Å². The molecule has 2 aromatic heterocycles. The second-order valence-corrected chi connectivity index (χ2v) is 17.4. The first-order chi connectivity index (χ1) is 34.4. The molecule has 2 aliphatic heterocycles. The molecule has 0 aliphatic carbocycles. The molecule has 14 nitrogen and oxygen atoms in total. The predicted molar refractivity (Wildman–Crippen MR) is 275 cm³/mol. The highest BCUT2D eigenvalue weighted by atomic mass is 127. The van der Waals surface area contributed by atoms with Crippen LogP contribution < -0.4 is 38.8 Å². The summed E-state index contributed by atoms with van der Waals surface area (Å²) in [6.45, 7) is 5.33. The van der Waals surface area contributed by atoms with Crippen molar-refractivity contribution in [2.75, 3.05) is 27.4 Å². The number of methoxy groups -OCH3 is 2. The van der Waals surface area contributed by atoms with E-state index < -0.39 is 0 Å². The minimum atomic E-state index is -0.266. The van der Waals surface area contributed by atoms with Crippen molar-refractivity contribution >= 4 is 47.0 Å². The van der Waals surface area contributed by atoms with Crippen LogP contribution in [0.3, 0.4) is 0 Å². The summed E-state index contributed by atoms with van der Waals surface area (Å²) in [5, 5.41) is 3.91. The number of carbonyl (C=O) groups is 4. The third-order valence-electron chi connectivity index (χ3n) is 11.8. The summed E-state index contributed by atoms with van der Waals surface area (Å²) in [5.41, 5.74) is 9.59. The van der Waals surface area contributed by atoms with Gasteiger partial charge in [-0.25, -0.2) is 19.9 Å². The summed E-state index contributed by atoms with van der Waals surface area (Å²) in [6, 6.07) is 35.7. The van der Waals surface area contributed by atoms with E-state index in [4.69, 9.17) is 52.1 Å². The molecule has 0 saturated carbocycles. The van der Waals surface area contributed by atoms with E-state index in [1.54, 1.807) is 51.2 Å². The van der Waals surface area contributed by atoms with E-state index in [0.29, 0.717) is 118 Å². The first-order valence-electron chi connectivity index (χ1n) is 23.0. The topological polar surface area (TPSA) is 172 Å². The summed E-state index contributed by atoms with van der Waals surface area (Å²) in [5.74, 6) is 1.47. The number of carbonyl (C=O) groups excluding carboxylic acids is 4. The molecule has 2 amide bonds. The lowest BCUT2D eigenvalue weighted by molar-refractivity contribution is -0.143. The van der Waals surface area contributed by atoms with Crippen LogP contribution >= 0.6 is 23.2 Å². The largest absolute Gasteiger partial charge is 1.00 e. The van der Waals surface area contributed by atoms with Gasteiger partial charge in [0.2, 0.25) is 0 Å². The highest BCUT2D eigenvalue weighted by Gasteiger charge is 2.34. The predicted octanol–water partition coefficient (Wildman–Crippen LogP) is 7.04. The van der Waals surface area contributed by atoms with Crippen LogP contribution in [0.1, 0.15) is 92.6 Å². The highest BCUT2D eigenvalue weighted by molar-refractivity contribution is 6.33. The second kappa shape index (κ2) is 25.6. The zero-order chi connectivity index (χ0) is 50.0. The molecule has 4 heterocycles. The van der Waals surface area contributed by atoms with Gasteiger partial charge in [-0.1, -0.05) is 103 Å². The van der Waals surface area contributed by atoms with Crippen molar-refractivity contribution in [2.24, 2.45) is 0 Å². The van der Waals surface area contributed by atoms with Gasteiger partial charge in [0.25, 0.3) is 11.8 Å². The van der Waals surface area contributed by atoms with E-state index >= 15 is 0 Å². The molecule has 378 valence electrons. The number of hydrogen-bond acceptors (Lipinski definition) is 12. The second-order valence-electron chi connectivity index (χ2n) is 16.6. The van der Waals surface area contributed by atoms with Gasteiger partial charge >= 0.3 is 11.9 Å². The number of ether oxygens (including phenoxy) is 4. The summed E-state index contributed by atoms with van der Waals surface area (Å²) < 4.78 is 20.9. The number of fused-ring (bicyclic) bond motifs is 2. The Hall–Kier alpha value is -6.95. The minimum Gasteiger partial charge on any atom is -1.00 e. The minimum absolute atomic E-state index is 0. The van der Waals surface area contributed by atoms with E-state index in [-0.39, 0.29) is 68.0 Å². The first kappa shape index (κ1) is 55.4. The number of hydrogen-bond donors (Lipinski definition) is 1. The van der Waals surface area contributed by atoms with Crippen molar-refractivity contribution in [3.8, 4) is 34.3 Å². The number of esters is 2. The van der Waals surface area contributed by atoms with Crippen LogP contribution in [0.4, 0.5) is 0 Å². The number of benzene rings is 5. The molecule has 0 bridgehead atoms. The molecule has 0 unspecified atom stereocenters. The molecule has 2 aliphatic rings. The van der Waals surface area contributed by atoms with Gasteiger partial charge in [0.15, 0.2) is 11.6 Å². The van der Waals surface area contributed by atoms with Crippen molar-refractivity contribution in [1.82, 2.24) is 30.2 Å². The highest BCUT2D eigenvalue weighted by Crippen LogP contribution is 2.34. The Morgan fingerprint density at radius 1 is 0.630 bits per heavy atom. The number of halogens is 3. The van der Waals surface area contributed by atoms with E-state index in [0.717, 1.165) is 33.4 Å². The van der Waals surface area contributed by atoms with Crippen molar-refractivity contribution < 1.29 is 62.1 Å². The fourth-order valence-electron chi connectivity index (χ4n) is 8.32. The third-order valence-corrected chi connectivity index (χ3v) is 12.4. The molecule has 5 aromatic carbocycles. The number of aromatic nitrogens is 4. The molecular formula is C56H54Cl2IN6O8-. The molecule has 17 heteroatoms. The van der Waals surface area contributed by atoms with Crippen LogP contribution in [-0.4, -0.2) is 76.0 Å². The number of nitrogens with one attached hydrogen (secondary N) is 1. The number of nitrogens with zero attached hydrogens (tertiary/aromatic N) is 5. The Labute approximate surface area is 451 Å². The molecule has 7 aromatic rings. The summed E-state index contributed by atoms with van der Waals surface area (Å²) >= 11 is 12.8. The summed E-state index contributed by atoms with van der Waals surface area (Å²) in [4.78, 5) is 70.3. The Kier molecular flexibility index (Phi) is 19.4. The van der Waals surface area contributed by atoms with Crippen LogP contribution in [0.5, 0.6) is 11.5 Å². The lowest BCUT2D eigenvalue weighted by Gasteiger charge is -2.18. The maximum absolute atomic E-state index is 13.8. The first-order valence-corrected chi connectivity index (χ1v) is 23.7. The average molecular weight is 1140 g/mol. The van der Waals surface area contributed by atoms with Gasteiger partial charge in [0, 0.05) is 35.6 Å². The van der Waals surface area contributed by atoms with E-state index in [1.807, 2.05) is 97.1 Å². The Bertz CT molecular complexity index is 3120. The molecule has 0 atom stereocenters. The van der Waals surface area contributed by atoms with Crippen LogP contribution in [0.25, 0.3) is 22.8 Å². The lowest BCUT2D eigenvalue weighted by atomic mass is 10.0. The van der Waals surface area contributed by atoms with Crippen molar-refractivity contribution in [2.45, 2.75) is 66.6 Å². The molecule has 0 saturated heterocycles. The quantitative estimate of drug-likeness (QED) is 0.0774. The van der Waals surface area contributed by atoms with Gasteiger partial charge in [0.05, 0.1) is 104 Å². The van der Waals surface area contributed by atoms with Crippen molar-refractivity contribution in [3.63, 3.8) is 0 Å². The molecule has 73 heavy (non-hydrogen) atoms. The van der Waals surface area contributed by atoms with Gasteiger partial charge in [-0.05, 0) is 72.5 Å². The van der Waals surface area contributed by atoms with E-state index in [1.165, 1.54) is 0 Å². The molecule has 0 fully saturated rings. The lowest BCUT2D eigenvalue weighted by Crippen LogP contribution is -3.00. The zero-order valence-corrected chi connectivity index (χ0v) is 43.6. The maximum Gasteiger partial charge on any atom is 0.310 e. The van der Waals surface area contributed by atoms with E-state index in [9.17, 15) is 19.2 Å². The number of amides is 2. The Morgan fingerprint density at radius 2 is 1.12 bits per heavy atom. The maximum atomic E-state index is 13.8. The fraction of sp³-hybridized carbons (Fsp3) is 0.250. The van der Waals surface area contributed by atoms with Gasteiger partial charge in [0.1, 0.15) is 11.5 Å². The van der Waals surface area contributed by atoms with Crippen molar-refractivity contribution in [1.29, 1.82) is 0 Å². The summed E-state index contributed by atoms with van der Waals surface area (Å²) in [6.07, 6.45) is 1.31. The van der Waals surface area contributed by atoms with Crippen LogP contribution in [0.2, 0.25) is 10.0 Å². The molecule has 0 radical (unpaired) electrons. The normalized spacial score (nSPS) is 12.0. The third kappa shape index (κ3) is 13.4. The van der Waals surface area contributed by atoms with Gasteiger partial charge in [-0.3, -0.25) is 19.2 Å². The SMILES string of the molecule is C.CCOC(=O)Cc1ccc(Cc2nc(-c3ccccc3Cl)nc3c2C(=O)N(Cc2ccc(OC)cc2OC)C3)cc1.CCOC(=O)Cc1ccc(Cc2nc(-c3ccccc3Cl)nc3c2C(=O)NC3)cc1.[I-]. The molecule has 9 rings (SSSR count). The van der Waals surface area contributed by atoms with Crippen LogP contribution in [-0.2, 0) is 64.4 Å². The standard InChI is InChI=1S/C32H30ClN3O5.C23H20ClN3O3.CH4.HI/c1-4-41-29(37)16-21-11-9-20(10-12-21)15-26-30-27(35-31(34-26)24-7-5-6-8-25(24)33)19-36(32(30)38)18-22-13-14-23(39-2)17-28(22)40-3;1-2-30-20(28)12-15-9-7-14(8-10-15)11-18-21-19(13-25-23(21)29)27-22(26-18)16-5-3-4-6-17(16)24;;/h5-14,17H,4,15-16,18-19H2,1-3H3;3-10H,2,11-13H2,1H3,(H,25,29);1H4;1H/p-1. The Morgan fingerprint density at radius 3 is 1.62 bits per heavy atom. The van der Waals surface area contributed by atoms with Gasteiger partial charge < -0.3 is 53.1 Å². The molecule has 1 N–H and O–H groups in total. The van der Waals surface area contributed by atoms with E-state index in [2.05, 4.69) is 15.3 Å². The monoisotopic (exact) mass is 1140 g/mol. The average Bonchev–Trinajstić information content (AvgIpc) is 3.91. The van der Waals surface area contributed by atoms with Gasteiger partial charge in [-0.15, -0.1) is 0 Å². The Balaban J connectivity index is 0.000000242. The van der Waals surface area contributed by atoms with Gasteiger partial charge in [-0.2, -0.15) is 0 Å². The summed E-state index contributed by atoms with van der Waals surface area (Å²) in [7, 11) is 3.19. The molecule has 0 spiro atoms. The zero-order valence-electron chi connectivity index (χ0n) is 40.0. The number of rotatable bonds is 16. The van der Waals surface area contributed by atoms with Crippen LogP contribution in [0.15, 0.2) is 115 Å². The fourth-order valence-corrected chi connectivity index (χ4v) is 8.76. The molecular weight excluding hydrogens is 1080 g/mol.